The van der Waals surface area contributed by atoms with Gasteiger partial charge in [-0.1, -0.05) is 23.7 Å². The van der Waals surface area contributed by atoms with Crippen LogP contribution in [0.1, 0.15) is 55.3 Å². The van der Waals surface area contributed by atoms with Crippen molar-refractivity contribution < 1.29 is 19.4 Å². The molecule has 1 saturated carbocycles. The molecule has 202 valence electrons. The van der Waals surface area contributed by atoms with E-state index in [1.807, 2.05) is 24.3 Å². The fraction of sp³-hybridized carbons (Fsp3) is 0.517. The Morgan fingerprint density at radius 2 is 2.08 bits per heavy atom. The predicted molar refractivity (Wildman–Crippen MR) is 146 cm³/mol. The van der Waals surface area contributed by atoms with E-state index in [4.69, 9.17) is 21.1 Å². The number of carbonyl (C=O) groups is 1. The zero-order valence-electron chi connectivity index (χ0n) is 21.7. The van der Waals surface area contributed by atoms with Gasteiger partial charge in [0.05, 0.1) is 42.7 Å². The van der Waals surface area contributed by atoms with Crippen LogP contribution in [0.2, 0.25) is 5.02 Å². The molecular formula is C29H35ClN4O4. The second kappa shape index (κ2) is 11.5. The molecule has 0 aromatic heterocycles. The lowest BCUT2D eigenvalue weighted by atomic mass is 9.72. The first-order valence-electron chi connectivity index (χ1n) is 13.4. The van der Waals surface area contributed by atoms with Gasteiger partial charge in [-0.3, -0.25) is 4.79 Å². The molecule has 1 aliphatic carbocycles. The van der Waals surface area contributed by atoms with Crippen molar-refractivity contribution in [2.24, 2.45) is 0 Å². The summed E-state index contributed by atoms with van der Waals surface area (Å²) in [5.74, 6) is 0.665. The molecule has 3 aliphatic rings. The van der Waals surface area contributed by atoms with Crippen LogP contribution in [0.4, 0.5) is 5.69 Å². The largest absolute Gasteiger partial charge is 0.485 e. The topological polar surface area (TPSA) is 107 Å². The Kier molecular flexibility index (Phi) is 8.10. The lowest BCUT2D eigenvalue weighted by molar-refractivity contribution is -0.120. The Labute approximate surface area is 228 Å². The number of rotatable bonds is 8. The van der Waals surface area contributed by atoms with Gasteiger partial charge in [-0.2, -0.15) is 5.26 Å². The van der Waals surface area contributed by atoms with Gasteiger partial charge in [0.25, 0.3) is 0 Å². The van der Waals surface area contributed by atoms with Crippen LogP contribution in [0, 0.1) is 11.3 Å². The number of benzene rings is 2. The molecule has 2 aromatic rings. The minimum Gasteiger partial charge on any atom is -0.485 e. The molecule has 5 rings (SSSR count). The normalized spacial score (nSPS) is 21.4. The smallest absolute Gasteiger partial charge is 0.217 e. The molecule has 1 saturated heterocycles. The maximum absolute atomic E-state index is 12.0. The number of aliphatic hydroxyl groups excluding tert-OH is 1. The van der Waals surface area contributed by atoms with E-state index >= 15 is 0 Å². The van der Waals surface area contributed by atoms with Gasteiger partial charge in [-0.15, -0.1) is 0 Å². The van der Waals surface area contributed by atoms with Crippen LogP contribution < -0.4 is 20.3 Å². The van der Waals surface area contributed by atoms with E-state index in [9.17, 15) is 15.2 Å². The van der Waals surface area contributed by atoms with Crippen molar-refractivity contribution in [3.05, 3.63) is 58.1 Å². The molecule has 1 spiro atoms. The molecule has 8 nitrogen and oxygen atoms in total. The monoisotopic (exact) mass is 538 g/mol. The molecule has 0 radical (unpaired) electrons. The number of nitriles is 1. The highest BCUT2D eigenvalue weighted by Gasteiger charge is 2.47. The number of nitrogens with one attached hydrogen (secondary N) is 2. The summed E-state index contributed by atoms with van der Waals surface area (Å²) in [4.78, 5) is 14.2. The Bertz CT molecular complexity index is 1210. The van der Waals surface area contributed by atoms with Gasteiger partial charge >= 0.3 is 0 Å². The lowest BCUT2D eigenvalue weighted by Crippen LogP contribution is -2.52. The molecule has 1 amide bonds. The van der Waals surface area contributed by atoms with Crippen LogP contribution >= 0.6 is 11.6 Å². The summed E-state index contributed by atoms with van der Waals surface area (Å²) in [6, 6.07) is 12.8. The Morgan fingerprint density at radius 1 is 1.29 bits per heavy atom. The lowest BCUT2D eigenvalue weighted by Gasteiger charge is -2.49. The minimum absolute atomic E-state index is 0.0490. The van der Waals surface area contributed by atoms with Crippen molar-refractivity contribution in [2.45, 2.75) is 62.8 Å². The Hall–Kier alpha value is -2.83. The van der Waals surface area contributed by atoms with Gasteiger partial charge < -0.3 is 30.1 Å². The van der Waals surface area contributed by atoms with Gasteiger partial charge in [0.2, 0.25) is 5.91 Å². The molecule has 2 aromatic carbocycles. The third-order valence-electron chi connectivity index (χ3n) is 7.89. The van der Waals surface area contributed by atoms with E-state index in [0.717, 1.165) is 61.3 Å². The summed E-state index contributed by atoms with van der Waals surface area (Å²) < 4.78 is 12.3. The zero-order valence-corrected chi connectivity index (χ0v) is 22.5. The number of aliphatic hydroxyl groups is 1. The quantitative estimate of drug-likeness (QED) is 0.472. The Morgan fingerprint density at radius 3 is 2.76 bits per heavy atom. The summed E-state index contributed by atoms with van der Waals surface area (Å²) >= 11 is 6.61. The summed E-state index contributed by atoms with van der Waals surface area (Å²) in [6.45, 7) is 4.63. The Balaban J connectivity index is 1.36. The van der Waals surface area contributed by atoms with Crippen molar-refractivity contribution in [3.63, 3.8) is 0 Å². The summed E-state index contributed by atoms with van der Waals surface area (Å²) in [5, 5.41) is 27.6. The van der Waals surface area contributed by atoms with Crippen molar-refractivity contribution in [1.29, 1.82) is 5.26 Å². The predicted octanol–water partition coefficient (Wildman–Crippen LogP) is 3.49. The maximum Gasteiger partial charge on any atom is 0.217 e. The van der Waals surface area contributed by atoms with Gasteiger partial charge in [0.1, 0.15) is 11.4 Å². The van der Waals surface area contributed by atoms with Crippen LogP contribution in [-0.2, 0) is 16.0 Å². The highest BCUT2D eigenvalue weighted by atomic mass is 35.5. The fourth-order valence-electron chi connectivity index (χ4n) is 5.78. The van der Waals surface area contributed by atoms with E-state index in [1.54, 1.807) is 12.1 Å². The van der Waals surface area contributed by atoms with E-state index in [2.05, 4.69) is 21.6 Å². The number of amides is 1. The molecule has 0 bridgehead atoms. The maximum atomic E-state index is 12.0. The second-order valence-electron chi connectivity index (χ2n) is 10.6. The highest BCUT2D eigenvalue weighted by molar-refractivity contribution is 6.31. The molecule has 0 unspecified atom stereocenters. The molecule has 38 heavy (non-hydrogen) atoms. The molecule has 2 fully saturated rings. The first-order valence-corrected chi connectivity index (χ1v) is 13.8. The number of morpholine rings is 1. The molecule has 2 aliphatic heterocycles. The van der Waals surface area contributed by atoms with Crippen molar-refractivity contribution in [2.75, 3.05) is 37.7 Å². The molecule has 2 heterocycles. The third kappa shape index (κ3) is 5.92. The number of hydrogen-bond acceptors (Lipinski definition) is 7. The molecule has 3 N–H and O–H groups in total. The zero-order chi connectivity index (χ0) is 26.7. The molecule has 9 heteroatoms. The van der Waals surface area contributed by atoms with Crippen LogP contribution in [0.25, 0.3) is 0 Å². The van der Waals surface area contributed by atoms with E-state index < -0.39 is 12.1 Å². The number of nitrogens with zero attached hydrogens (tertiary/aromatic N) is 2. The van der Waals surface area contributed by atoms with Gasteiger partial charge in [0.15, 0.2) is 0 Å². The minimum atomic E-state index is -0.842. The van der Waals surface area contributed by atoms with Crippen LogP contribution in [0.15, 0.2) is 36.4 Å². The average Bonchev–Trinajstić information content (AvgIpc) is 2.90. The number of anilines is 1. The van der Waals surface area contributed by atoms with Gasteiger partial charge in [0, 0.05) is 49.6 Å². The van der Waals surface area contributed by atoms with E-state index in [1.165, 1.54) is 6.92 Å². The number of carbonyl (C=O) groups excluding carboxylic acids is 1. The third-order valence-corrected chi connectivity index (χ3v) is 8.11. The van der Waals surface area contributed by atoms with Crippen molar-refractivity contribution >= 4 is 23.2 Å². The first kappa shape index (κ1) is 26.8. The molecular weight excluding hydrogens is 504 g/mol. The van der Waals surface area contributed by atoms with E-state index in [-0.39, 0.29) is 24.1 Å². The molecule has 3 atom stereocenters. The second-order valence-corrected chi connectivity index (χ2v) is 11.1. The SMILES string of the molecule is CC(=O)N[C@@H](Cc1cccc(C#N)c1)[C@H](O)CN[C@H]1CC2(CCC2)Oc2c1cc(Cl)cc2N1CCOCC1. The van der Waals surface area contributed by atoms with Crippen LogP contribution in [0.3, 0.4) is 0 Å². The van der Waals surface area contributed by atoms with Crippen molar-refractivity contribution in [1.82, 2.24) is 10.6 Å². The van der Waals surface area contributed by atoms with Gasteiger partial charge in [-0.05, 0) is 55.5 Å². The van der Waals surface area contributed by atoms with Crippen LogP contribution in [0.5, 0.6) is 5.75 Å². The standard InChI is InChI=1S/C29H35ClN4O4/c1-19(35)33-24(13-20-4-2-5-21(12-20)17-31)27(36)18-32-25-16-29(6-3-7-29)38-28-23(25)14-22(30)15-26(28)34-8-10-37-11-9-34/h2,4-5,12,14-15,24-25,27,32,36H,3,6-11,13,16,18H2,1H3,(H,33,35)/t24-,25-,27+/m0/s1. The number of halogens is 1. The summed E-state index contributed by atoms with van der Waals surface area (Å²) in [7, 11) is 0. The van der Waals surface area contributed by atoms with Gasteiger partial charge in [-0.25, -0.2) is 0 Å². The fourth-order valence-corrected chi connectivity index (χ4v) is 6.00. The van der Waals surface area contributed by atoms with Crippen molar-refractivity contribution in [3.8, 4) is 11.8 Å². The summed E-state index contributed by atoms with van der Waals surface area (Å²) in [6.07, 6.45) is 3.51. The number of fused-ring (bicyclic) bond motifs is 1. The highest BCUT2D eigenvalue weighted by Crippen LogP contribution is 2.52. The number of hydrogen-bond donors (Lipinski definition) is 3. The number of ether oxygens (including phenoxy) is 2. The van der Waals surface area contributed by atoms with E-state index in [0.29, 0.717) is 30.2 Å². The average molecular weight is 539 g/mol. The van der Waals surface area contributed by atoms with Crippen LogP contribution in [-0.4, -0.2) is 61.6 Å². The summed E-state index contributed by atoms with van der Waals surface area (Å²) in [5.41, 5.74) is 3.23. The first-order chi connectivity index (χ1) is 18.4.